The molecule has 0 saturated carbocycles. The van der Waals surface area contributed by atoms with Crippen LogP contribution in [0.3, 0.4) is 0 Å². The zero-order valence-electron chi connectivity index (χ0n) is 10.3. The highest BCUT2D eigenvalue weighted by Gasteiger charge is 1.83. The molecule has 0 aliphatic heterocycles. The van der Waals surface area contributed by atoms with E-state index < -0.39 is 0 Å². The Kier molecular flexibility index (Phi) is 42.6. The van der Waals surface area contributed by atoms with Gasteiger partial charge in [0.2, 0.25) is 0 Å². The van der Waals surface area contributed by atoms with E-state index in [0.29, 0.717) is 0 Å². The normalized spacial score (nSPS) is 7.85. The third-order valence-electron chi connectivity index (χ3n) is 1.26. The van der Waals surface area contributed by atoms with Gasteiger partial charge in [-0.25, -0.2) is 0 Å². The van der Waals surface area contributed by atoms with Gasteiger partial charge in [0.1, 0.15) is 0 Å². The molecule has 0 aliphatic rings. The van der Waals surface area contributed by atoms with E-state index in [2.05, 4.69) is 12.2 Å². The van der Waals surface area contributed by atoms with E-state index in [1.807, 2.05) is 27.7 Å². The van der Waals surface area contributed by atoms with E-state index in [0.717, 1.165) is 26.1 Å². The van der Waals surface area contributed by atoms with Gasteiger partial charge in [-0.15, -0.1) is 0 Å². The third kappa shape index (κ3) is 33.5. The molecule has 0 aliphatic carbocycles. The molecule has 0 aromatic heterocycles. The topological polar surface area (TPSA) is 38.0 Å². The van der Waals surface area contributed by atoms with Crippen LogP contribution in [0.25, 0.3) is 0 Å². The lowest BCUT2D eigenvalue weighted by molar-refractivity contribution is 0.621. The van der Waals surface area contributed by atoms with Gasteiger partial charge in [0.15, 0.2) is 0 Å². The van der Waals surface area contributed by atoms with E-state index in [-0.39, 0.29) is 0 Å². The number of nitrogens with one attached hydrogen (secondary N) is 1. The van der Waals surface area contributed by atoms with Crippen molar-refractivity contribution in [2.24, 2.45) is 5.73 Å². The Morgan fingerprint density at radius 3 is 1.77 bits per heavy atom. The Morgan fingerprint density at radius 1 is 0.923 bits per heavy atom. The molecule has 0 atom stereocenters. The lowest BCUT2D eigenvalue weighted by Crippen LogP contribution is -2.19. The standard InChI is InChI=1S/C7H18N2.2C2H6/c1-2-3-6-9-7-4-5-8;2*1-2/h9H,2-8H2,1H3;2*1-2H3. The Hall–Kier alpha value is -0.0800. The van der Waals surface area contributed by atoms with Crippen LogP contribution in [0.15, 0.2) is 0 Å². The third-order valence-corrected chi connectivity index (χ3v) is 1.26. The van der Waals surface area contributed by atoms with Gasteiger partial charge in [-0.2, -0.15) is 0 Å². The summed E-state index contributed by atoms with van der Waals surface area (Å²) < 4.78 is 0. The number of rotatable bonds is 6. The van der Waals surface area contributed by atoms with E-state index in [9.17, 15) is 0 Å². The molecule has 2 nitrogen and oxygen atoms in total. The minimum Gasteiger partial charge on any atom is -0.330 e. The molecule has 0 unspecified atom stereocenters. The molecular formula is C11H30N2. The van der Waals surface area contributed by atoms with Gasteiger partial charge < -0.3 is 11.1 Å². The molecule has 0 aromatic carbocycles. The van der Waals surface area contributed by atoms with Crippen LogP contribution < -0.4 is 11.1 Å². The maximum atomic E-state index is 5.30. The summed E-state index contributed by atoms with van der Waals surface area (Å²) >= 11 is 0. The largest absolute Gasteiger partial charge is 0.330 e. The summed E-state index contributed by atoms with van der Waals surface area (Å²) in [5.74, 6) is 0. The highest BCUT2D eigenvalue weighted by molar-refractivity contribution is 4.46. The minimum absolute atomic E-state index is 0.805. The van der Waals surface area contributed by atoms with Crippen molar-refractivity contribution in [2.75, 3.05) is 19.6 Å². The van der Waals surface area contributed by atoms with Gasteiger partial charge in [0, 0.05) is 0 Å². The zero-order valence-corrected chi connectivity index (χ0v) is 10.3. The highest BCUT2D eigenvalue weighted by Crippen LogP contribution is 1.81. The summed E-state index contributed by atoms with van der Waals surface area (Å²) in [7, 11) is 0. The van der Waals surface area contributed by atoms with Crippen LogP contribution in [0.2, 0.25) is 0 Å². The van der Waals surface area contributed by atoms with Crippen LogP contribution in [0, 0.1) is 0 Å². The molecule has 0 rings (SSSR count). The van der Waals surface area contributed by atoms with Crippen molar-refractivity contribution in [3.63, 3.8) is 0 Å². The van der Waals surface area contributed by atoms with Gasteiger partial charge >= 0.3 is 0 Å². The van der Waals surface area contributed by atoms with E-state index in [4.69, 9.17) is 5.73 Å². The van der Waals surface area contributed by atoms with Crippen LogP contribution in [0.1, 0.15) is 53.9 Å². The van der Waals surface area contributed by atoms with Crippen molar-refractivity contribution in [3.05, 3.63) is 0 Å². The lowest BCUT2D eigenvalue weighted by atomic mass is 10.3. The van der Waals surface area contributed by atoms with Crippen molar-refractivity contribution in [3.8, 4) is 0 Å². The number of unbranched alkanes of at least 4 members (excludes halogenated alkanes) is 1. The second-order valence-corrected chi connectivity index (χ2v) is 2.25. The molecule has 3 N–H and O–H groups in total. The quantitative estimate of drug-likeness (QED) is 0.632. The molecular weight excluding hydrogens is 160 g/mol. The van der Waals surface area contributed by atoms with Crippen molar-refractivity contribution in [1.82, 2.24) is 5.32 Å². The first kappa shape index (κ1) is 18.7. The Bertz CT molecular complexity index is 41.4. The second kappa shape index (κ2) is 29.7. The summed E-state index contributed by atoms with van der Waals surface area (Å²) in [4.78, 5) is 0. The fourth-order valence-electron chi connectivity index (χ4n) is 0.654. The van der Waals surface area contributed by atoms with Gasteiger partial charge in [-0.3, -0.25) is 0 Å². The average molecular weight is 190 g/mol. The lowest BCUT2D eigenvalue weighted by Gasteiger charge is -1.99. The average Bonchev–Trinajstić information content (AvgIpc) is 2.24. The molecule has 0 fully saturated rings. The van der Waals surface area contributed by atoms with Crippen molar-refractivity contribution in [2.45, 2.75) is 53.9 Å². The number of hydrogen-bond donors (Lipinski definition) is 2. The first-order valence-corrected chi connectivity index (χ1v) is 5.82. The molecule has 0 spiro atoms. The van der Waals surface area contributed by atoms with Gasteiger partial charge in [0.05, 0.1) is 0 Å². The summed E-state index contributed by atoms with van der Waals surface area (Å²) in [6.07, 6.45) is 3.66. The van der Waals surface area contributed by atoms with Crippen LogP contribution in [-0.4, -0.2) is 19.6 Å². The minimum atomic E-state index is 0.805. The molecule has 0 radical (unpaired) electrons. The smallest absolute Gasteiger partial charge is 0.00369 e. The predicted octanol–water partition coefficient (Wildman–Crippen LogP) is 2.78. The van der Waals surface area contributed by atoms with Crippen LogP contribution in [-0.2, 0) is 0 Å². The predicted molar refractivity (Wildman–Crippen MR) is 64.1 cm³/mol. The molecule has 2 heteroatoms. The molecule has 0 saturated heterocycles. The van der Waals surface area contributed by atoms with E-state index >= 15 is 0 Å². The van der Waals surface area contributed by atoms with E-state index in [1.54, 1.807) is 0 Å². The fourth-order valence-corrected chi connectivity index (χ4v) is 0.654. The first-order chi connectivity index (χ1) is 6.41. The second-order valence-electron chi connectivity index (χ2n) is 2.25. The molecule has 0 heterocycles. The zero-order chi connectivity index (χ0) is 10.9. The fraction of sp³-hybridized carbons (Fsp3) is 1.00. The molecule has 0 aromatic rings. The molecule has 0 bridgehead atoms. The van der Waals surface area contributed by atoms with Crippen molar-refractivity contribution < 1.29 is 0 Å². The Balaban J connectivity index is -0.000000218. The van der Waals surface area contributed by atoms with Gasteiger partial charge in [-0.1, -0.05) is 41.0 Å². The Labute approximate surface area is 85.3 Å². The van der Waals surface area contributed by atoms with E-state index in [1.165, 1.54) is 12.8 Å². The van der Waals surface area contributed by atoms with Crippen LogP contribution in [0.4, 0.5) is 0 Å². The summed E-state index contributed by atoms with van der Waals surface area (Å²) in [5.41, 5.74) is 5.30. The SMILES string of the molecule is CC.CC.CCCCNCCCN. The van der Waals surface area contributed by atoms with Gasteiger partial charge in [-0.05, 0) is 32.5 Å². The van der Waals surface area contributed by atoms with Crippen LogP contribution >= 0.6 is 0 Å². The summed E-state index contributed by atoms with van der Waals surface area (Å²) in [6, 6.07) is 0. The molecule has 0 amide bonds. The first-order valence-electron chi connectivity index (χ1n) is 5.82. The maximum absolute atomic E-state index is 5.30. The van der Waals surface area contributed by atoms with Crippen LogP contribution in [0.5, 0.6) is 0 Å². The molecule has 84 valence electrons. The Morgan fingerprint density at radius 2 is 1.38 bits per heavy atom. The summed E-state index contributed by atoms with van der Waals surface area (Å²) in [6.45, 7) is 13.2. The van der Waals surface area contributed by atoms with Crippen molar-refractivity contribution >= 4 is 0 Å². The number of hydrogen-bond acceptors (Lipinski definition) is 2. The summed E-state index contributed by atoms with van der Waals surface area (Å²) in [5, 5.41) is 3.31. The number of nitrogens with two attached hydrogens (primary N) is 1. The van der Waals surface area contributed by atoms with Crippen molar-refractivity contribution in [1.29, 1.82) is 0 Å². The van der Waals surface area contributed by atoms with Gasteiger partial charge in [0.25, 0.3) is 0 Å². The highest BCUT2D eigenvalue weighted by atomic mass is 14.8. The maximum Gasteiger partial charge on any atom is -0.00369 e. The monoisotopic (exact) mass is 190 g/mol. The molecule has 13 heavy (non-hydrogen) atoms.